The molecule has 1 unspecified atom stereocenters. The van der Waals surface area contributed by atoms with Gasteiger partial charge in [-0.15, -0.1) is 0 Å². The van der Waals surface area contributed by atoms with Crippen molar-refractivity contribution in [3.05, 3.63) is 66.4 Å². The van der Waals surface area contributed by atoms with E-state index in [0.717, 1.165) is 5.69 Å². The molecule has 4 heterocycles. The molecule has 1 aliphatic rings. The Morgan fingerprint density at radius 3 is 2.52 bits per heavy atom. The third kappa shape index (κ3) is 5.84. The second kappa shape index (κ2) is 9.32. The van der Waals surface area contributed by atoms with Crippen molar-refractivity contribution < 1.29 is 32.6 Å². The molecule has 0 radical (unpaired) electrons. The number of aliphatic carboxylic acids is 1. The van der Waals surface area contributed by atoms with Gasteiger partial charge in [0.05, 0.1) is 19.6 Å². The van der Waals surface area contributed by atoms with Crippen LogP contribution < -0.4 is 4.74 Å². The second-order valence-corrected chi connectivity index (χ2v) is 6.52. The number of aromatic nitrogens is 4. The molecular weight excluding hydrogens is 419 g/mol. The maximum absolute atomic E-state index is 12.7. The number of carbonyl (C=O) groups is 2. The fourth-order valence-corrected chi connectivity index (χ4v) is 2.92. The number of pyridine rings is 1. The van der Waals surface area contributed by atoms with Crippen LogP contribution >= 0.6 is 0 Å². The van der Waals surface area contributed by atoms with E-state index in [1.165, 1.54) is 0 Å². The van der Waals surface area contributed by atoms with Crippen molar-refractivity contribution in [2.24, 2.45) is 0 Å². The van der Waals surface area contributed by atoms with Crippen LogP contribution in [0.25, 0.3) is 0 Å². The van der Waals surface area contributed by atoms with Gasteiger partial charge in [-0.3, -0.25) is 9.89 Å². The second-order valence-electron chi connectivity index (χ2n) is 6.52. The van der Waals surface area contributed by atoms with Gasteiger partial charge in [0.2, 0.25) is 5.88 Å². The number of ether oxygens (including phenoxy) is 1. The van der Waals surface area contributed by atoms with Crippen molar-refractivity contribution in [1.82, 2.24) is 24.6 Å². The molecule has 0 aromatic carbocycles. The number of carboxylic acids is 1. The zero-order valence-corrected chi connectivity index (χ0v) is 16.0. The molecule has 2 N–H and O–H groups in total. The van der Waals surface area contributed by atoms with Crippen molar-refractivity contribution in [2.75, 3.05) is 6.54 Å². The number of carboxylic acid groups (broad SMARTS) is 1. The monoisotopic (exact) mass is 437 g/mol. The predicted molar refractivity (Wildman–Crippen MR) is 100 cm³/mol. The van der Waals surface area contributed by atoms with E-state index < -0.39 is 12.1 Å². The van der Waals surface area contributed by atoms with E-state index in [4.69, 9.17) is 14.6 Å². The van der Waals surface area contributed by atoms with E-state index in [1.807, 2.05) is 36.5 Å². The van der Waals surface area contributed by atoms with Crippen molar-refractivity contribution in [3.63, 3.8) is 0 Å². The Morgan fingerprint density at radius 1 is 1.13 bits per heavy atom. The number of fused-ring (bicyclic) bond motifs is 1. The van der Waals surface area contributed by atoms with Gasteiger partial charge in [0, 0.05) is 30.4 Å². The third-order valence-electron chi connectivity index (χ3n) is 4.29. The van der Waals surface area contributed by atoms with Gasteiger partial charge in [0.1, 0.15) is 11.8 Å². The predicted octanol–water partition coefficient (Wildman–Crippen LogP) is 2.34. The summed E-state index contributed by atoms with van der Waals surface area (Å²) in [5.74, 6) is -2.28. The number of alkyl halides is 3. The van der Waals surface area contributed by atoms with Crippen LogP contribution in [0.15, 0.2) is 55.0 Å². The number of hydrogen-bond acceptors (Lipinski definition) is 5. The summed E-state index contributed by atoms with van der Waals surface area (Å²) in [6.45, 7) is 1.69. The smallest absolute Gasteiger partial charge is 0.475 e. The zero-order valence-electron chi connectivity index (χ0n) is 16.0. The molecule has 1 atom stereocenters. The minimum absolute atomic E-state index is 0.0863. The van der Waals surface area contributed by atoms with Gasteiger partial charge in [-0.05, 0) is 24.3 Å². The van der Waals surface area contributed by atoms with Crippen molar-refractivity contribution in [2.45, 2.75) is 25.4 Å². The van der Waals surface area contributed by atoms with E-state index in [9.17, 15) is 18.0 Å². The molecule has 3 aromatic heterocycles. The minimum Gasteiger partial charge on any atom is -0.475 e. The zero-order chi connectivity index (χ0) is 22.4. The number of nitrogens with zero attached hydrogens (tertiary/aromatic N) is 4. The van der Waals surface area contributed by atoms with Crippen LogP contribution in [0, 0.1) is 0 Å². The lowest BCUT2D eigenvalue weighted by Crippen LogP contribution is -2.38. The maximum Gasteiger partial charge on any atom is 0.490 e. The number of H-pyrrole nitrogens is 1. The molecular formula is C19H18F3N5O4. The Labute approximate surface area is 174 Å². The average molecular weight is 437 g/mol. The van der Waals surface area contributed by atoms with Gasteiger partial charge in [0.15, 0.2) is 0 Å². The number of nitrogens with one attached hydrogen (secondary N) is 1. The van der Waals surface area contributed by atoms with Crippen LogP contribution in [-0.2, 0) is 17.9 Å². The molecule has 31 heavy (non-hydrogen) atoms. The van der Waals surface area contributed by atoms with Gasteiger partial charge >= 0.3 is 12.1 Å². The van der Waals surface area contributed by atoms with Crippen LogP contribution in [0.5, 0.6) is 5.88 Å². The number of rotatable bonds is 3. The summed E-state index contributed by atoms with van der Waals surface area (Å²) in [6, 6.07) is 11.2. The SMILES string of the molecule is O=C(O)C(F)(F)F.O=C(c1ccn[nH]1)N1Cc2cccn2CC(Oc2ccccn2)C1. The van der Waals surface area contributed by atoms with Crippen LogP contribution in [0.2, 0.25) is 0 Å². The van der Waals surface area contributed by atoms with Crippen molar-refractivity contribution in [1.29, 1.82) is 0 Å². The number of aromatic amines is 1. The Hall–Kier alpha value is -3.83. The van der Waals surface area contributed by atoms with Gasteiger partial charge < -0.3 is 19.3 Å². The maximum atomic E-state index is 12.7. The van der Waals surface area contributed by atoms with Crippen LogP contribution in [-0.4, -0.2) is 60.5 Å². The lowest BCUT2D eigenvalue weighted by molar-refractivity contribution is -0.192. The molecule has 164 valence electrons. The van der Waals surface area contributed by atoms with E-state index in [1.54, 1.807) is 23.4 Å². The molecule has 1 amide bonds. The van der Waals surface area contributed by atoms with Crippen molar-refractivity contribution >= 4 is 11.9 Å². The Kier molecular flexibility index (Phi) is 6.58. The van der Waals surface area contributed by atoms with Gasteiger partial charge in [-0.1, -0.05) is 6.07 Å². The summed E-state index contributed by atoms with van der Waals surface area (Å²) in [5, 5.41) is 13.7. The fourth-order valence-electron chi connectivity index (χ4n) is 2.92. The van der Waals surface area contributed by atoms with Gasteiger partial charge in [-0.25, -0.2) is 9.78 Å². The minimum atomic E-state index is -5.08. The highest BCUT2D eigenvalue weighted by Gasteiger charge is 2.38. The molecule has 12 heteroatoms. The van der Waals surface area contributed by atoms with Crippen LogP contribution in [0.3, 0.4) is 0 Å². The summed E-state index contributed by atoms with van der Waals surface area (Å²) in [4.78, 5) is 27.6. The fraction of sp³-hybridized carbons (Fsp3) is 0.263. The molecule has 0 spiro atoms. The molecule has 1 aliphatic heterocycles. The quantitative estimate of drug-likeness (QED) is 0.650. The molecule has 9 nitrogen and oxygen atoms in total. The summed E-state index contributed by atoms with van der Waals surface area (Å²) in [5.41, 5.74) is 1.56. The van der Waals surface area contributed by atoms with Crippen LogP contribution in [0.1, 0.15) is 16.2 Å². The molecule has 0 bridgehead atoms. The molecule has 0 aliphatic carbocycles. The van der Waals surface area contributed by atoms with Gasteiger partial charge in [0.25, 0.3) is 5.91 Å². The topological polar surface area (TPSA) is 113 Å². The Bertz CT molecular complexity index is 1010. The Morgan fingerprint density at radius 2 is 1.90 bits per heavy atom. The Balaban J connectivity index is 0.000000339. The molecule has 4 rings (SSSR count). The van der Waals surface area contributed by atoms with E-state index in [2.05, 4.69) is 19.7 Å². The summed E-state index contributed by atoms with van der Waals surface area (Å²) >= 11 is 0. The van der Waals surface area contributed by atoms with Gasteiger partial charge in [-0.2, -0.15) is 18.3 Å². The largest absolute Gasteiger partial charge is 0.490 e. The average Bonchev–Trinajstić information content (AvgIpc) is 3.37. The highest BCUT2D eigenvalue weighted by Crippen LogP contribution is 2.18. The first kappa shape index (κ1) is 21.9. The molecule has 0 saturated heterocycles. The van der Waals surface area contributed by atoms with Crippen LogP contribution in [0.4, 0.5) is 13.2 Å². The number of halogens is 3. The summed E-state index contributed by atoms with van der Waals surface area (Å²) < 4.78 is 39.9. The number of carbonyl (C=O) groups excluding carboxylic acids is 1. The standard InChI is InChI=1S/C17H17N5O2.C2HF3O2/c23-17(15-6-8-19-20-15)22-10-13-4-3-9-21(13)11-14(12-22)24-16-5-1-2-7-18-16;3-2(4,5)1(6)7/h1-9,14H,10-12H2,(H,19,20);(H,6,7). The lowest BCUT2D eigenvalue weighted by Gasteiger charge is -2.24. The number of hydrogen-bond donors (Lipinski definition) is 2. The van der Waals surface area contributed by atoms with E-state index in [-0.39, 0.29) is 12.0 Å². The summed E-state index contributed by atoms with van der Waals surface area (Å²) in [6.07, 6.45) is 0.0188. The molecule has 3 aromatic rings. The highest BCUT2D eigenvalue weighted by atomic mass is 19.4. The van der Waals surface area contributed by atoms with Crippen molar-refractivity contribution in [3.8, 4) is 5.88 Å². The third-order valence-corrected chi connectivity index (χ3v) is 4.29. The van der Waals surface area contributed by atoms with E-state index in [0.29, 0.717) is 31.2 Å². The normalized spacial score (nSPS) is 15.8. The molecule has 0 fully saturated rings. The summed E-state index contributed by atoms with van der Waals surface area (Å²) in [7, 11) is 0. The first-order valence-electron chi connectivity index (χ1n) is 9.04. The number of amides is 1. The first-order chi connectivity index (χ1) is 14.7. The first-order valence-corrected chi connectivity index (χ1v) is 9.04. The highest BCUT2D eigenvalue weighted by molar-refractivity contribution is 5.92. The van der Waals surface area contributed by atoms with E-state index >= 15 is 0 Å². The lowest BCUT2D eigenvalue weighted by atomic mass is 10.3. The molecule has 0 saturated carbocycles.